The molecule has 2 saturated carbocycles. The zero-order valence-electron chi connectivity index (χ0n) is 28.1. The van der Waals surface area contributed by atoms with Crippen molar-refractivity contribution in [2.24, 2.45) is 5.92 Å². The Morgan fingerprint density at radius 2 is 1.82 bits per heavy atom. The monoisotopic (exact) mass is 735 g/mol. The van der Waals surface area contributed by atoms with Crippen LogP contribution in [-0.4, -0.2) is 103 Å². The normalized spacial score (nSPS) is 28.3. The van der Waals surface area contributed by atoms with E-state index in [9.17, 15) is 41.2 Å². The lowest BCUT2D eigenvalue weighted by molar-refractivity contribution is -0.141. The molecule has 5 amide bonds. The molecule has 17 heteroatoms. The van der Waals surface area contributed by atoms with Gasteiger partial charge in [-0.2, -0.15) is 0 Å². The van der Waals surface area contributed by atoms with Crippen molar-refractivity contribution in [3.05, 3.63) is 47.5 Å². The first-order chi connectivity index (χ1) is 24.4. The molecule has 5 aliphatic rings. The number of ether oxygens (including phenoxy) is 2. The standard InChI is InChI=1S/C34H43F2N5O9S/c35-28(36)20-49-32(45)37-26-11-5-3-1-2-4-10-23-17-34(23,31(44)39-51(47,48)25-12-13-25)38-29(42)27-16-24(19-41(27)30(26)43)50-33(46)40-15-14-21-8-6-7-9-22(21)18-40/h4,6-10,23-28H,1-3,5,11-20H2,(H,37,45)(H,38,42)(H,39,44)/t23-,24-,26+,27+,34-/m1/s1. The number of rotatable bonds is 7. The summed E-state index contributed by atoms with van der Waals surface area (Å²) in [5.74, 6) is -2.85. The zero-order valence-corrected chi connectivity index (χ0v) is 28.9. The molecular weight excluding hydrogens is 692 g/mol. The maximum Gasteiger partial charge on any atom is 0.410 e. The van der Waals surface area contributed by atoms with E-state index in [-0.39, 0.29) is 25.8 Å². The maximum atomic E-state index is 14.1. The van der Waals surface area contributed by atoms with E-state index in [4.69, 9.17) is 4.74 Å². The Balaban J connectivity index is 1.24. The zero-order chi connectivity index (χ0) is 36.3. The van der Waals surface area contributed by atoms with Gasteiger partial charge < -0.3 is 29.9 Å². The summed E-state index contributed by atoms with van der Waals surface area (Å²) in [6.07, 6.45) is 1.90. The second-order valence-electron chi connectivity index (χ2n) is 13.9. The van der Waals surface area contributed by atoms with E-state index >= 15 is 0 Å². The number of sulfonamides is 1. The molecule has 0 bridgehead atoms. The number of hydrogen-bond donors (Lipinski definition) is 3. The molecule has 0 aromatic heterocycles. The number of nitrogens with zero attached hydrogens (tertiary/aromatic N) is 2. The second kappa shape index (κ2) is 15.1. The number of carbonyl (C=O) groups is 5. The number of allylic oxidation sites excluding steroid dienone is 1. The number of halogens is 2. The molecule has 5 atom stereocenters. The third-order valence-electron chi connectivity index (χ3n) is 10.1. The lowest BCUT2D eigenvalue weighted by Gasteiger charge is -2.30. The third-order valence-corrected chi connectivity index (χ3v) is 12.0. The maximum absolute atomic E-state index is 14.1. The Morgan fingerprint density at radius 1 is 1.06 bits per heavy atom. The molecule has 51 heavy (non-hydrogen) atoms. The Labute approximate surface area is 294 Å². The lowest BCUT2D eigenvalue weighted by atomic mass is 10.0. The minimum atomic E-state index is -3.94. The van der Waals surface area contributed by atoms with Crippen molar-refractivity contribution in [3.63, 3.8) is 0 Å². The summed E-state index contributed by atoms with van der Waals surface area (Å²) in [7, 11) is -3.94. The molecule has 1 aromatic rings. The van der Waals surface area contributed by atoms with Gasteiger partial charge in [0.1, 0.15) is 23.7 Å². The van der Waals surface area contributed by atoms with Crippen molar-refractivity contribution in [2.75, 3.05) is 19.7 Å². The summed E-state index contributed by atoms with van der Waals surface area (Å²) < 4.78 is 63.5. The third kappa shape index (κ3) is 8.61. The lowest BCUT2D eigenvalue weighted by Crippen LogP contribution is -2.58. The highest BCUT2D eigenvalue weighted by molar-refractivity contribution is 7.91. The SMILES string of the molecule is O=C(N[C@H]1CCCCCC=C[C@@H]2C[C@@]2(C(=O)NS(=O)(=O)C2CC2)NC(=O)[C@@H]2C[C@@H](OC(=O)N3CCc4ccccc4C3)CN2C1=O)OCC(F)F. The van der Waals surface area contributed by atoms with Crippen molar-refractivity contribution in [2.45, 2.75) is 106 Å². The second-order valence-corrected chi connectivity index (χ2v) is 15.8. The average Bonchev–Trinajstić information content (AvgIpc) is 4.02. The molecule has 0 spiro atoms. The van der Waals surface area contributed by atoms with Gasteiger partial charge in [-0.1, -0.05) is 49.3 Å². The Bertz CT molecular complexity index is 1670. The summed E-state index contributed by atoms with van der Waals surface area (Å²) >= 11 is 0. The summed E-state index contributed by atoms with van der Waals surface area (Å²) in [4.78, 5) is 70.3. The van der Waals surface area contributed by atoms with Crippen molar-refractivity contribution < 1.29 is 50.6 Å². The molecule has 14 nitrogen and oxygen atoms in total. The molecule has 3 heterocycles. The molecule has 3 aliphatic heterocycles. The first-order valence-corrected chi connectivity index (χ1v) is 19.0. The van der Waals surface area contributed by atoms with Crippen LogP contribution in [-0.2, 0) is 46.8 Å². The number of alkyl carbamates (subject to hydrolysis) is 1. The molecule has 2 aliphatic carbocycles. The number of hydrogen-bond acceptors (Lipinski definition) is 9. The molecular formula is C34H43F2N5O9S. The van der Waals surface area contributed by atoms with Crippen LogP contribution in [0.2, 0.25) is 0 Å². The molecule has 1 saturated heterocycles. The number of nitrogens with one attached hydrogen (secondary N) is 3. The fraction of sp³-hybridized carbons (Fsp3) is 0.618. The molecule has 1 aromatic carbocycles. The quantitative estimate of drug-likeness (QED) is 0.355. The van der Waals surface area contributed by atoms with Crippen LogP contribution in [0, 0.1) is 5.92 Å². The first-order valence-electron chi connectivity index (χ1n) is 17.5. The van der Waals surface area contributed by atoms with Gasteiger partial charge in [0, 0.05) is 25.4 Å². The Kier molecular flexibility index (Phi) is 10.8. The van der Waals surface area contributed by atoms with Crippen LogP contribution in [0.15, 0.2) is 36.4 Å². The van der Waals surface area contributed by atoms with Crippen LogP contribution in [0.4, 0.5) is 18.4 Å². The minimum Gasteiger partial charge on any atom is -0.444 e. The van der Waals surface area contributed by atoms with Gasteiger partial charge >= 0.3 is 12.2 Å². The minimum absolute atomic E-state index is 0.114. The fourth-order valence-corrected chi connectivity index (χ4v) is 8.40. The van der Waals surface area contributed by atoms with Gasteiger partial charge in [-0.25, -0.2) is 26.8 Å². The van der Waals surface area contributed by atoms with Crippen molar-refractivity contribution in [3.8, 4) is 0 Å². The van der Waals surface area contributed by atoms with Crippen LogP contribution in [0.5, 0.6) is 0 Å². The first kappa shape index (κ1) is 36.5. The molecule has 3 N–H and O–H groups in total. The van der Waals surface area contributed by atoms with Crippen molar-refractivity contribution in [1.82, 2.24) is 25.2 Å². The van der Waals surface area contributed by atoms with E-state index in [2.05, 4.69) is 20.1 Å². The molecule has 3 fully saturated rings. The van der Waals surface area contributed by atoms with E-state index in [0.29, 0.717) is 58.0 Å². The fourth-order valence-electron chi connectivity index (χ4n) is 7.04. The highest BCUT2D eigenvalue weighted by Gasteiger charge is 2.62. The van der Waals surface area contributed by atoms with E-state index in [1.807, 2.05) is 30.3 Å². The van der Waals surface area contributed by atoms with Gasteiger partial charge in [-0.15, -0.1) is 0 Å². The van der Waals surface area contributed by atoms with E-state index < -0.39 is 87.9 Å². The van der Waals surface area contributed by atoms with Gasteiger partial charge in [0.05, 0.1) is 11.8 Å². The average molecular weight is 736 g/mol. The van der Waals surface area contributed by atoms with Gasteiger partial charge in [-0.3, -0.25) is 19.1 Å². The number of carbonyl (C=O) groups excluding carboxylic acids is 5. The smallest absolute Gasteiger partial charge is 0.410 e. The summed E-state index contributed by atoms with van der Waals surface area (Å²) in [6.45, 7) is -0.681. The van der Waals surface area contributed by atoms with Crippen molar-refractivity contribution in [1.29, 1.82) is 0 Å². The number of benzene rings is 1. The number of alkyl halides is 2. The highest BCUT2D eigenvalue weighted by atomic mass is 32.2. The topological polar surface area (TPSA) is 181 Å². The van der Waals surface area contributed by atoms with Crippen LogP contribution >= 0.6 is 0 Å². The summed E-state index contributed by atoms with van der Waals surface area (Å²) in [5.41, 5.74) is 0.511. The van der Waals surface area contributed by atoms with Gasteiger partial charge in [-0.05, 0) is 56.1 Å². The van der Waals surface area contributed by atoms with E-state index in [1.54, 1.807) is 6.08 Å². The van der Waals surface area contributed by atoms with Crippen LogP contribution in [0.3, 0.4) is 0 Å². The Hall–Kier alpha value is -4.28. The summed E-state index contributed by atoms with van der Waals surface area (Å²) in [6, 6.07) is 5.18. The van der Waals surface area contributed by atoms with Crippen molar-refractivity contribution >= 4 is 39.9 Å². The number of fused-ring (bicyclic) bond motifs is 3. The number of amides is 5. The predicted octanol–water partition coefficient (Wildman–Crippen LogP) is 2.51. The Morgan fingerprint density at radius 3 is 2.57 bits per heavy atom. The molecule has 6 rings (SSSR count). The van der Waals surface area contributed by atoms with Gasteiger partial charge in [0.25, 0.3) is 12.3 Å². The molecule has 0 radical (unpaired) electrons. The van der Waals surface area contributed by atoms with Crippen LogP contribution in [0.25, 0.3) is 0 Å². The van der Waals surface area contributed by atoms with Gasteiger partial charge in [0.15, 0.2) is 6.61 Å². The van der Waals surface area contributed by atoms with Gasteiger partial charge in [0.2, 0.25) is 21.8 Å². The largest absolute Gasteiger partial charge is 0.444 e. The predicted molar refractivity (Wildman–Crippen MR) is 177 cm³/mol. The molecule has 0 unspecified atom stereocenters. The van der Waals surface area contributed by atoms with Crippen LogP contribution < -0.4 is 15.4 Å². The van der Waals surface area contributed by atoms with E-state index in [1.165, 1.54) is 4.90 Å². The van der Waals surface area contributed by atoms with E-state index in [0.717, 1.165) is 16.0 Å². The summed E-state index contributed by atoms with van der Waals surface area (Å²) in [5, 5.41) is 4.43. The van der Waals surface area contributed by atoms with Crippen LogP contribution in [0.1, 0.15) is 68.9 Å². The highest BCUT2D eigenvalue weighted by Crippen LogP contribution is 2.46. The molecule has 278 valence electrons.